The molecule has 86 valence electrons. The number of hydrogen-bond donors (Lipinski definition) is 0. The van der Waals surface area contributed by atoms with Gasteiger partial charge in [0.15, 0.2) is 11.6 Å². The van der Waals surface area contributed by atoms with E-state index in [0.717, 1.165) is 5.69 Å². The number of ketones is 2. The monoisotopic (exact) mass is 411 g/mol. The lowest BCUT2D eigenvalue weighted by Crippen LogP contribution is -2.07. The van der Waals surface area contributed by atoms with Crippen molar-refractivity contribution in [1.29, 1.82) is 0 Å². The summed E-state index contributed by atoms with van der Waals surface area (Å²) in [4.78, 5) is 22.9. The van der Waals surface area contributed by atoms with Crippen LogP contribution in [0, 0.1) is 0 Å². The lowest BCUT2D eigenvalue weighted by molar-refractivity contribution is 0.0980. The maximum atomic E-state index is 11.5. The first kappa shape index (κ1) is 13.9. The van der Waals surface area contributed by atoms with E-state index < -0.39 is 0 Å². The van der Waals surface area contributed by atoms with Gasteiger partial charge in [-0.3, -0.25) is 9.59 Å². The number of Topliss-reactive ketones (excluding diaryl/α,β-unsaturated/α-hetero) is 2. The third kappa shape index (κ3) is 2.73. The summed E-state index contributed by atoms with van der Waals surface area (Å²) >= 11 is 9.73. The first-order chi connectivity index (χ1) is 7.36. The minimum atomic E-state index is -0.152. The Balaban J connectivity index is 3.54. The fourth-order valence-corrected chi connectivity index (χ4v) is 3.20. The van der Waals surface area contributed by atoms with Crippen LogP contribution in [0.3, 0.4) is 0 Å². The predicted octanol–water partition coefficient (Wildman–Crippen LogP) is 4.28. The van der Waals surface area contributed by atoms with Crippen molar-refractivity contribution in [2.24, 2.45) is 0 Å². The summed E-state index contributed by atoms with van der Waals surface area (Å²) in [7, 11) is 0. The van der Waals surface area contributed by atoms with Crippen molar-refractivity contribution in [2.75, 3.05) is 2.95 Å². The zero-order chi connectivity index (χ0) is 12.5. The largest absolute Gasteiger partial charge is 0.294 e. The van der Waals surface area contributed by atoms with Gasteiger partial charge in [-0.25, -0.2) is 2.95 Å². The van der Waals surface area contributed by atoms with Gasteiger partial charge in [-0.1, -0.05) is 0 Å². The van der Waals surface area contributed by atoms with Gasteiger partial charge in [0.1, 0.15) is 0 Å². The molecule has 0 saturated carbocycles. The van der Waals surface area contributed by atoms with Crippen molar-refractivity contribution in [3.05, 3.63) is 27.7 Å². The normalized spacial score (nSPS) is 10.1. The predicted molar refractivity (Wildman–Crippen MR) is 74.5 cm³/mol. The standard InChI is InChI=1S/C10H8Br3NO2/c1-5(15)7-3-4-8(14(12)13)10(11)9(7)6(2)16/h3-4H,1-2H3. The second kappa shape index (κ2) is 5.42. The van der Waals surface area contributed by atoms with Crippen molar-refractivity contribution in [3.8, 4) is 0 Å². The Kier molecular flexibility index (Phi) is 4.70. The Hall–Kier alpha value is -0.200. The number of nitrogens with zero attached hydrogens (tertiary/aromatic N) is 1. The highest BCUT2D eigenvalue weighted by Crippen LogP contribution is 2.35. The second-order valence-electron chi connectivity index (χ2n) is 3.17. The number of halogens is 3. The van der Waals surface area contributed by atoms with E-state index in [0.29, 0.717) is 15.6 Å². The number of anilines is 1. The van der Waals surface area contributed by atoms with Crippen LogP contribution >= 0.6 is 48.2 Å². The zero-order valence-corrected chi connectivity index (χ0v) is 13.3. The Labute approximate surface area is 119 Å². The van der Waals surface area contributed by atoms with Gasteiger partial charge in [0.25, 0.3) is 0 Å². The van der Waals surface area contributed by atoms with Crippen molar-refractivity contribution < 1.29 is 9.59 Å². The van der Waals surface area contributed by atoms with E-state index in [1.165, 1.54) is 16.8 Å². The average molecular weight is 414 g/mol. The molecule has 0 unspecified atom stereocenters. The van der Waals surface area contributed by atoms with Crippen LogP contribution in [0.4, 0.5) is 5.69 Å². The van der Waals surface area contributed by atoms with E-state index in [4.69, 9.17) is 0 Å². The molecule has 0 aliphatic rings. The van der Waals surface area contributed by atoms with Crippen molar-refractivity contribution in [1.82, 2.24) is 0 Å². The molecule has 0 fully saturated rings. The highest BCUT2D eigenvalue weighted by atomic mass is 79.9. The fraction of sp³-hybridized carbons (Fsp3) is 0.200. The Morgan fingerprint density at radius 2 is 1.69 bits per heavy atom. The Bertz CT molecular complexity index is 458. The third-order valence-corrected chi connectivity index (χ3v) is 3.60. The summed E-state index contributed by atoms with van der Waals surface area (Å²) in [6.45, 7) is 2.87. The van der Waals surface area contributed by atoms with Crippen molar-refractivity contribution in [2.45, 2.75) is 13.8 Å². The molecule has 16 heavy (non-hydrogen) atoms. The van der Waals surface area contributed by atoms with Crippen LogP contribution in [-0.4, -0.2) is 11.6 Å². The van der Waals surface area contributed by atoms with Gasteiger partial charge in [0.2, 0.25) is 0 Å². The van der Waals surface area contributed by atoms with Crippen LogP contribution < -0.4 is 2.95 Å². The lowest BCUT2D eigenvalue weighted by Gasteiger charge is -2.14. The van der Waals surface area contributed by atoms with Gasteiger partial charge in [-0.05, 0) is 41.9 Å². The molecule has 1 aromatic carbocycles. The molecule has 0 bridgehead atoms. The fourth-order valence-electron chi connectivity index (χ4n) is 1.33. The first-order valence-corrected chi connectivity index (χ1v) is 6.53. The van der Waals surface area contributed by atoms with Crippen LogP contribution in [0.2, 0.25) is 0 Å². The molecule has 0 aliphatic carbocycles. The van der Waals surface area contributed by atoms with E-state index in [-0.39, 0.29) is 11.6 Å². The summed E-state index contributed by atoms with van der Waals surface area (Å²) in [6.07, 6.45) is 0. The highest BCUT2D eigenvalue weighted by Gasteiger charge is 2.19. The van der Waals surface area contributed by atoms with E-state index in [9.17, 15) is 9.59 Å². The van der Waals surface area contributed by atoms with Crippen molar-refractivity contribution >= 4 is 65.5 Å². The van der Waals surface area contributed by atoms with E-state index in [1.807, 2.05) is 0 Å². The number of benzene rings is 1. The minimum absolute atomic E-state index is 0.131. The number of carbonyl (C=O) groups excluding carboxylic acids is 2. The Morgan fingerprint density at radius 1 is 1.12 bits per heavy atom. The van der Waals surface area contributed by atoms with Gasteiger partial charge in [-0.2, -0.15) is 0 Å². The van der Waals surface area contributed by atoms with Crippen LogP contribution in [-0.2, 0) is 0 Å². The second-order valence-corrected chi connectivity index (χ2v) is 6.33. The van der Waals surface area contributed by atoms with Gasteiger partial charge in [0, 0.05) is 11.1 Å². The lowest BCUT2D eigenvalue weighted by atomic mass is 10.0. The van der Waals surface area contributed by atoms with Gasteiger partial charge < -0.3 is 0 Å². The average Bonchev–Trinajstić information content (AvgIpc) is 2.15. The summed E-state index contributed by atoms with van der Waals surface area (Å²) in [5, 5.41) is 0. The van der Waals surface area contributed by atoms with E-state index in [1.54, 1.807) is 12.1 Å². The summed E-state index contributed by atoms with van der Waals surface area (Å²) in [5.41, 5.74) is 1.54. The molecule has 0 amide bonds. The molecule has 0 aliphatic heterocycles. The smallest absolute Gasteiger partial charge is 0.161 e. The molecule has 3 nitrogen and oxygen atoms in total. The molecule has 0 radical (unpaired) electrons. The summed E-state index contributed by atoms with van der Waals surface area (Å²) in [5.74, 6) is -0.283. The topological polar surface area (TPSA) is 37.4 Å². The minimum Gasteiger partial charge on any atom is -0.294 e. The van der Waals surface area contributed by atoms with Crippen LogP contribution in [0.25, 0.3) is 0 Å². The molecule has 0 spiro atoms. The summed E-state index contributed by atoms with van der Waals surface area (Å²) < 4.78 is 2.10. The van der Waals surface area contributed by atoms with E-state index in [2.05, 4.69) is 48.2 Å². The maximum absolute atomic E-state index is 11.5. The van der Waals surface area contributed by atoms with Crippen molar-refractivity contribution in [3.63, 3.8) is 0 Å². The molecule has 0 aromatic heterocycles. The zero-order valence-electron chi connectivity index (χ0n) is 8.55. The van der Waals surface area contributed by atoms with Gasteiger partial charge in [0.05, 0.1) is 42.5 Å². The van der Waals surface area contributed by atoms with Gasteiger partial charge in [-0.15, -0.1) is 0 Å². The maximum Gasteiger partial charge on any atom is 0.161 e. The molecular formula is C10H8Br3NO2. The van der Waals surface area contributed by atoms with Crippen LogP contribution in [0.15, 0.2) is 16.6 Å². The molecular weight excluding hydrogens is 406 g/mol. The quantitative estimate of drug-likeness (QED) is 0.548. The number of rotatable bonds is 3. The molecule has 0 saturated heterocycles. The van der Waals surface area contributed by atoms with E-state index >= 15 is 0 Å². The first-order valence-electron chi connectivity index (χ1n) is 4.32. The van der Waals surface area contributed by atoms with Crippen LogP contribution in [0.1, 0.15) is 34.6 Å². The SMILES string of the molecule is CC(=O)c1ccc(N(Br)Br)c(Br)c1C(C)=O. The molecule has 0 heterocycles. The van der Waals surface area contributed by atoms with Crippen LogP contribution in [0.5, 0.6) is 0 Å². The molecule has 1 aromatic rings. The third-order valence-electron chi connectivity index (χ3n) is 2.04. The Morgan fingerprint density at radius 3 is 2.06 bits per heavy atom. The number of hydrogen-bond acceptors (Lipinski definition) is 3. The van der Waals surface area contributed by atoms with Gasteiger partial charge >= 0.3 is 0 Å². The highest BCUT2D eigenvalue weighted by molar-refractivity contribution is 9.25. The molecule has 0 N–H and O–H groups in total. The molecule has 6 heteroatoms. The summed E-state index contributed by atoms with van der Waals surface area (Å²) in [6, 6.07) is 3.37. The molecule has 0 atom stereocenters. The number of carbonyl (C=O) groups is 2. The molecule has 1 rings (SSSR count).